The van der Waals surface area contributed by atoms with Crippen molar-refractivity contribution in [3.8, 4) is 0 Å². The summed E-state index contributed by atoms with van der Waals surface area (Å²) in [6, 6.07) is 1.83. The average Bonchev–Trinajstić information content (AvgIpc) is 2.19. The summed E-state index contributed by atoms with van der Waals surface area (Å²) in [6.45, 7) is 3.91. The van der Waals surface area contributed by atoms with Crippen LogP contribution in [0.25, 0.3) is 6.08 Å². The number of allylic oxidation sites excluding steroid dienone is 1. The van der Waals surface area contributed by atoms with Gasteiger partial charge in [-0.2, -0.15) is 0 Å². The molecule has 1 N–H and O–H groups in total. The number of rotatable bonds is 1. The van der Waals surface area contributed by atoms with E-state index in [0.29, 0.717) is 12.1 Å². The molecule has 0 spiro atoms. The molecule has 2 nitrogen and oxygen atoms in total. The number of H-pyrrole nitrogens is 1. The lowest BCUT2D eigenvalue weighted by atomic mass is 9.96. The van der Waals surface area contributed by atoms with Gasteiger partial charge in [0, 0.05) is 11.3 Å². The second-order valence-corrected chi connectivity index (χ2v) is 4.88. The van der Waals surface area contributed by atoms with Gasteiger partial charge in [0.05, 0.1) is 5.38 Å². The van der Waals surface area contributed by atoms with Gasteiger partial charge in [0.15, 0.2) is 0 Å². The Morgan fingerprint density at radius 2 is 2.25 bits per heavy atom. The molecule has 16 heavy (non-hydrogen) atoms. The predicted octanol–water partition coefficient (Wildman–Crippen LogP) is 2.97. The zero-order valence-corrected chi connectivity index (χ0v) is 9.94. The van der Waals surface area contributed by atoms with E-state index in [9.17, 15) is 9.18 Å². The summed E-state index contributed by atoms with van der Waals surface area (Å²) in [5.41, 5.74) is 2.03. The molecule has 0 aliphatic heterocycles. The highest BCUT2D eigenvalue weighted by Gasteiger charge is 2.21. The third kappa shape index (κ3) is 1.92. The molecule has 1 unspecified atom stereocenters. The van der Waals surface area contributed by atoms with Gasteiger partial charge < -0.3 is 4.98 Å². The Hall–Kier alpha value is -1.09. The van der Waals surface area contributed by atoms with E-state index in [1.54, 1.807) is 0 Å². The van der Waals surface area contributed by atoms with E-state index in [0.717, 1.165) is 11.1 Å². The first-order valence-electron chi connectivity index (χ1n) is 5.26. The fourth-order valence-corrected chi connectivity index (χ4v) is 2.08. The summed E-state index contributed by atoms with van der Waals surface area (Å²) in [5, 5.41) is -0.613. The highest BCUT2D eigenvalue weighted by atomic mass is 35.5. The molecule has 1 aliphatic rings. The standard InChI is InChI=1S/C12H13ClFNO/c1-6(2)8-3-7-4-9(13)10(14)5-11(7)15-12(8)16/h3,5-6,9H,4H2,1-2H3,(H,15,16). The Labute approximate surface area is 98.1 Å². The molecular weight excluding hydrogens is 229 g/mol. The van der Waals surface area contributed by atoms with Crippen LogP contribution in [0.1, 0.15) is 36.6 Å². The van der Waals surface area contributed by atoms with E-state index < -0.39 is 5.38 Å². The second kappa shape index (κ2) is 4.06. The summed E-state index contributed by atoms with van der Waals surface area (Å²) < 4.78 is 13.3. The fourth-order valence-electron chi connectivity index (χ4n) is 1.85. The normalized spacial score (nSPS) is 19.6. The molecule has 4 heteroatoms. The molecule has 1 atom stereocenters. The predicted molar refractivity (Wildman–Crippen MR) is 63.6 cm³/mol. The van der Waals surface area contributed by atoms with Crippen LogP contribution in [-0.2, 0) is 6.42 Å². The van der Waals surface area contributed by atoms with Crippen LogP contribution in [0.15, 0.2) is 16.7 Å². The number of halogens is 2. The lowest BCUT2D eigenvalue weighted by Gasteiger charge is -2.17. The van der Waals surface area contributed by atoms with Gasteiger partial charge >= 0.3 is 0 Å². The van der Waals surface area contributed by atoms with E-state index in [1.807, 2.05) is 19.9 Å². The Kier molecular flexibility index (Phi) is 2.89. The van der Waals surface area contributed by atoms with Gasteiger partial charge in [0.25, 0.3) is 5.56 Å². The summed E-state index contributed by atoms with van der Waals surface area (Å²) >= 11 is 5.83. The fraction of sp³-hybridized carbons (Fsp3) is 0.417. The van der Waals surface area contributed by atoms with Crippen LogP contribution in [0, 0.1) is 0 Å². The van der Waals surface area contributed by atoms with Gasteiger partial charge in [-0.1, -0.05) is 13.8 Å². The Morgan fingerprint density at radius 3 is 2.88 bits per heavy atom. The van der Waals surface area contributed by atoms with Crippen molar-refractivity contribution in [1.29, 1.82) is 0 Å². The van der Waals surface area contributed by atoms with Crippen LogP contribution in [0.5, 0.6) is 0 Å². The first-order valence-corrected chi connectivity index (χ1v) is 5.70. The van der Waals surface area contributed by atoms with Crippen molar-refractivity contribution in [2.75, 3.05) is 0 Å². The van der Waals surface area contributed by atoms with E-state index >= 15 is 0 Å². The van der Waals surface area contributed by atoms with Gasteiger partial charge in [-0.3, -0.25) is 4.79 Å². The molecule has 1 aromatic rings. The molecule has 0 saturated carbocycles. The number of hydrogen-bond acceptors (Lipinski definition) is 1. The lowest BCUT2D eigenvalue weighted by molar-refractivity contribution is 0.593. The van der Waals surface area contributed by atoms with Crippen LogP contribution >= 0.6 is 11.6 Å². The molecule has 2 rings (SSSR count). The number of pyridine rings is 1. The van der Waals surface area contributed by atoms with E-state index in [1.165, 1.54) is 6.08 Å². The van der Waals surface area contributed by atoms with Crippen molar-refractivity contribution in [3.63, 3.8) is 0 Å². The van der Waals surface area contributed by atoms with Crippen molar-refractivity contribution in [3.05, 3.63) is 39.1 Å². The van der Waals surface area contributed by atoms with Crippen molar-refractivity contribution < 1.29 is 4.39 Å². The molecule has 1 aromatic heterocycles. The van der Waals surface area contributed by atoms with Gasteiger partial charge in [0.1, 0.15) is 5.83 Å². The molecule has 0 aromatic carbocycles. The quantitative estimate of drug-likeness (QED) is 0.754. The average molecular weight is 242 g/mol. The minimum absolute atomic E-state index is 0.147. The van der Waals surface area contributed by atoms with Gasteiger partial charge in [-0.05, 0) is 30.0 Å². The minimum atomic E-state index is -0.613. The van der Waals surface area contributed by atoms with Crippen LogP contribution in [-0.4, -0.2) is 10.4 Å². The minimum Gasteiger partial charge on any atom is -0.322 e. The Balaban J connectivity index is 2.57. The third-order valence-corrected chi connectivity index (χ3v) is 3.15. The third-order valence-electron chi connectivity index (χ3n) is 2.79. The first-order chi connectivity index (χ1) is 7.49. The molecule has 0 bridgehead atoms. The molecule has 0 fully saturated rings. The smallest absolute Gasteiger partial charge is 0.251 e. The number of fused-ring (bicyclic) bond motifs is 1. The highest BCUT2D eigenvalue weighted by molar-refractivity contribution is 6.22. The molecule has 0 radical (unpaired) electrons. The summed E-state index contributed by atoms with van der Waals surface area (Å²) in [4.78, 5) is 14.4. The zero-order valence-electron chi connectivity index (χ0n) is 9.18. The van der Waals surface area contributed by atoms with Crippen molar-refractivity contribution in [2.24, 2.45) is 0 Å². The van der Waals surface area contributed by atoms with Crippen LogP contribution in [0.2, 0.25) is 0 Å². The Bertz CT molecular complexity index is 504. The van der Waals surface area contributed by atoms with Crippen LogP contribution < -0.4 is 5.56 Å². The maximum absolute atomic E-state index is 13.3. The van der Waals surface area contributed by atoms with E-state index in [-0.39, 0.29) is 17.3 Å². The van der Waals surface area contributed by atoms with Crippen LogP contribution in [0.3, 0.4) is 0 Å². The van der Waals surface area contributed by atoms with Crippen LogP contribution in [0.4, 0.5) is 4.39 Å². The van der Waals surface area contributed by atoms with Crippen molar-refractivity contribution in [2.45, 2.75) is 31.6 Å². The first kappa shape index (κ1) is 11.4. The number of hydrogen-bond donors (Lipinski definition) is 1. The lowest BCUT2D eigenvalue weighted by Crippen LogP contribution is -2.20. The number of aromatic amines is 1. The largest absolute Gasteiger partial charge is 0.322 e. The van der Waals surface area contributed by atoms with Gasteiger partial charge in [0.2, 0.25) is 0 Å². The Morgan fingerprint density at radius 1 is 1.56 bits per heavy atom. The van der Waals surface area contributed by atoms with Crippen molar-refractivity contribution in [1.82, 2.24) is 4.98 Å². The molecule has 1 aliphatic carbocycles. The van der Waals surface area contributed by atoms with Gasteiger partial charge in [-0.25, -0.2) is 4.39 Å². The van der Waals surface area contributed by atoms with Crippen molar-refractivity contribution >= 4 is 17.7 Å². The van der Waals surface area contributed by atoms with Gasteiger partial charge in [-0.15, -0.1) is 11.6 Å². The molecule has 1 heterocycles. The molecule has 0 amide bonds. The molecule has 86 valence electrons. The SMILES string of the molecule is CC(C)c1cc2c([nH]c1=O)C=C(F)C(Cl)C2. The van der Waals surface area contributed by atoms with E-state index in [4.69, 9.17) is 11.6 Å². The molecular formula is C12H13ClFNO. The number of alkyl halides is 1. The second-order valence-electron chi connectivity index (χ2n) is 4.35. The summed E-state index contributed by atoms with van der Waals surface area (Å²) in [5.74, 6) is -0.235. The zero-order chi connectivity index (χ0) is 11.9. The maximum atomic E-state index is 13.3. The van der Waals surface area contributed by atoms with E-state index in [2.05, 4.69) is 4.98 Å². The number of nitrogens with one attached hydrogen (secondary N) is 1. The summed E-state index contributed by atoms with van der Waals surface area (Å²) in [7, 11) is 0. The maximum Gasteiger partial charge on any atom is 0.251 e. The summed E-state index contributed by atoms with van der Waals surface area (Å²) in [6.07, 6.45) is 1.73. The monoisotopic (exact) mass is 241 g/mol. The number of aromatic nitrogens is 1. The topological polar surface area (TPSA) is 32.9 Å². The highest BCUT2D eigenvalue weighted by Crippen LogP contribution is 2.27. The molecule has 0 saturated heterocycles.